The van der Waals surface area contributed by atoms with E-state index in [0.29, 0.717) is 11.7 Å². The van der Waals surface area contributed by atoms with Gasteiger partial charge in [0.15, 0.2) is 0 Å². The van der Waals surface area contributed by atoms with Gasteiger partial charge in [-0.2, -0.15) is 0 Å². The standard InChI is InChI=1S/C18H20O/c1-4-18(12(2)3)16-8-6-5-7-14(16)15-11-13(19)9-10-17(15)18/h5-12,19H,4H2,1-3H3. The fourth-order valence-corrected chi connectivity index (χ4v) is 3.81. The number of hydrogen-bond acceptors (Lipinski definition) is 1. The fourth-order valence-electron chi connectivity index (χ4n) is 3.81. The first-order valence-electron chi connectivity index (χ1n) is 7.04. The van der Waals surface area contributed by atoms with Gasteiger partial charge in [0, 0.05) is 5.41 Å². The molecule has 0 saturated carbocycles. The van der Waals surface area contributed by atoms with Crippen LogP contribution in [0.25, 0.3) is 11.1 Å². The average Bonchev–Trinajstić information content (AvgIpc) is 2.69. The Morgan fingerprint density at radius 2 is 1.68 bits per heavy atom. The van der Waals surface area contributed by atoms with Crippen LogP contribution in [0.15, 0.2) is 42.5 Å². The molecule has 0 amide bonds. The van der Waals surface area contributed by atoms with Gasteiger partial charge in [-0.3, -0.25) is 0 Å². The van der Waals surface area contributed by atoms with Gasteiger partial charge in [0.25, 0.3) is 0 Å². The number of fused-ring (bicyclic) bond motifs is 3. The minimum Gasteiger partial charge on any atom is -0.508 e. The van der Waals surface area contributed by atoms with Gasteiger partial charge in [-0.05, 0) is 46.7 Å². The molecule has 0 saturated heterocycles. The Hall–Kier alpha value is -1.76. The van der Waals surface area contributed by atoms with E-state index >= 15 is 0 Å². The van der Waals surface area contributed by atoms with Crippen molar-refractivity contribution in [3.05, 3.63) is 53.6 Å². The van der Waals surface area contributed by atoms with Crippen LogP contribution < -0.4 is 0 Å². The molecule has 0 bridgehead atoms. The molecule has 3 rings (SSSR count). The fraction of sp³-hybridized carbons (Fsp3) is 0.333. The van der Waals surface area contributed by atoms with E-state index in [1.165, 1.54) is 22.3 Å². The predicted octanol–water partition coefficient (Wildman–Crippen LogP) is 4.72. The Labute approximate surface area is 114 Å². The molecule has 0 fully saturated rings. The summed E-state index contributed by atoms with van der Waals surface area (Å²) in [5.41, 5.74) is 5.34. The molecule has 0 heterocycles. The van der Waals surface area contributed by atoms with Crippen molar-refractivity contribution in [2.24, 2.45) is 5.92 Å². The lowest BCUT2D eigenvalue weighted by atomic mass is 9.68. The molecular formula is C18H20O. The largest absolute Gasteiger partial charge is 0.508 e. The Morgan fingerprint density at radius 1 is 1.00 bits per heavy atom. The highest BCUT2D eigenvalue weighted by atomic mass is 16.3. The molecule has 2 aromatic rings. The molecule has 98 valence electrons. The van der Waals surface area contributed by atoms with Crippen molar-refractivity contribution in [1.29, 1.82) is 0 Å². The number of aromatic hydroxyl groups is 1. The lowest BCUT2D eigenvalue weighted by Crippen LogP contribution is -2.30. The minimum atomic E-state index is 0.0830. The first-order chi connectivity index (χ1) is 9.11. The van der Waals surface area contributed by atoms with E-state index in [-0.39, 0.29) is 5.41 Å². The van der Waals surface area contributed by atoms with Crippen LogP contribution in [-0.4, -0.2) is 5.11 Å². The average molecular weight is 252 g/mol. The number of hydrogen-bond donors (Lipinski definition) is 1. The summed E-state index contributed by atoms with van der Waals surface area (Å²) in [4.78, 5) is 0. The molecule has 1 N–H and O–H groups in total. The molecule has 0 aliphatic heterocycles. The molecule has 2 aromatic carbocycles. The summed E-state index contributed by atoms with van der Waals surface area (Å²) in [6.07, 6.45) is 1.08. The number of phenols is 1. The quantitative estimate of drug-likeness (QED) is 0.819. The summed E-state index contributed by atoms with van der Waals surface area (Å²) in [5, 5.41) is 9.80. The second-order valence-electron chi connectivity index (χ2n) is 5.76. The van der Waals surface area contributed by atoms with Gasteiger partial charge in [-0.15, -0.1) is 0 Å². The van der Waals surface area contributed by atoms with Crippen molar-refractivity contribution in [2.75, 3.05) is 0 Å². The zero-order chi connectivity index (χ0) is 13.6. The molecule has 0 spiro atoms. The van der Waals surface area contributed by atoms with E-state index < -0.39 is 0 Å². The van der Waals surface area contributed by atoms with E-state index in [1.807, 2.05) is 12.1 Å². The maximum absolute atomic E-state index is 9.80. The zero-order valence-electron chi connectivity index (χ0n) is 11.8. The molecule has 1 unspecified atom stereocenters. The Balaban J connectivity index is 2.40. The van der Waals surface area contributed by atoms with Crippen LogP contribution in [0.5, 0.6) is 5.75 Å². The van der Waals surface area contributed by atoms with Crippen LogP contribution in [-0.2, 0) is 5.41 Å². The summed E-state index contributed by atoms with van der Waals surface area (Å²) in [7, 11) is 0. The van der Waals surface area contributed by atoms with Gasteiger partial charge >= 0.3 is 0 Å². The Morgan fingerprint density at radius 3 is 2.37 bits per heavy atom. The highest BCUT2D eigenvalue weighted by Crippen LogP contribution is 2.54. The van der Waals surface area contributed by atoms with Crippen LogP contribution in [0.1, 0.15) is 38.3 Å². The second kappa shape index (κ2) is 4.12. The topological polar surface area (TPSA) is 20.2 Å². The summed E-state index contributed by atoms with van der Waals surface area (Å²) >= 11 is 0. The summed E-state index contributed by atoms with van der Waals surface area (Å²) in [5.74, 6) is 0.883. The van der Waals surface area contributed by atoms with Gasteiger partial charge in [0.2, 0.25) is 0 Å². The molecule has 1 heteroatoms. The number of rotatable bonds is 2. The van der Waals surface area contributed by atoms with Crippen molar-refractivity contribution in [1.82, 2.24) is 0 Å². The Bertz CT molecular complexity index is 627. The zero-order valence-corrected chi connectivity index (χ0v) is 11.8. The van der Waals surface area contributed by atoms with Gasteiger partial charge in [0.05, 0.1) is 0 Å². The van der Waals surface area contributed by atoms with E-state index in [9.17, 15) is 5.11 Å². The predicted molar refractivity (Wildman–Crippen MR) is 79.5 cm³/mol. The van der Waals surface area contributed by atoms with E-state index in [2.05, 4.69) is 51.1 Å². The maximum atomic E-state index is 9.80. The maximum Gasteiger partial charge on any atom is 0.116 e. The Kier molecular flexibility index (Phi) is 2.67. The lowest BCUT2D eigenvalue weighted by molar-refractivity contribution is 0.366. The molecule has 0 radical (unpaired) electrons. The molecule has 0 aromatic heterocycles. The molecular weight excluding hydrogens is 232 g/mol. The van der Waals surface area contributed by atoms with Crippen molar-refractivity contribution in [2.45, 2.75) is 32.6 Å². The van der Waals surface area contributed by atoms with Gasteiger partial charge in [-0.25, -0.2) is 0 Å². The smallest absolute Gasteiger partial charge is 0.116 e. The van der Waals surface area contributed by atoms with E-state index in [4.69, 9.17) is 0 Å². The van der Waals surface area contributed by atoms with Crippen LogP contribution in [0.4, 0.5) is 0 Å². The van der Waals surface area contributed by atoms with Crippen LogP contribution in [0, 0.1) is 5.92 Å². The number of phenolic OH excluding ortho intramolecular Hbond substituents is 1. The SMILES string of the molecule is CCC1(C(C)C)c2ccccc2-c2cc(O)ccc21. The molecule has 1 aliphatic rings. The molecule has 1 aliphatic carbocycles. The van der Waals surface area contributed by atoms with Crippen molar-refractivity contribution in [3.8, 4) is 16.9 Å². The lowest BCUT2D eigenvalue weighted by Gasteiger charge is -2.35. The summed E-state index contributed by atoms with van der Waals surface area (Å²) in [6, 6.07) is 14.5. The molecule has 1 nitrogen and oxygen atoms in total. The first-order valence-corrected chi connectivity index (χ1v) is 7.04. The highest BCUT2D eigenvalue weighted by Gasteiger charge is 2.43. The van der Waals surface area contributed by atoms with Crippen LogP contribution in [0.2, 0.25) is 0 Å². The van der Waals surface area contributed by atoms with Gasteiger partial charge in [0.1, 0.15) is 5.75 Å². The van der Waals surface area contributed by atoms with Crippen molar-refractivity contribution < 1.29 is 5.11 Å². The third-order valence-corrected chi connectivity index (χ3v) is 4.72. The molecule has 1 atom stereocenters. The second-order valence-corrected chi connectivity index (χ2v) is 5.76. The van der Waals surface area contributed by atoms with E-state index in [0.717, 1.165) is 6.42 Å². The van der Waals surface area contributed by atoms with Crippen molar-refractivity contribution >= 4 is 0 Å². The normalized spacial score (nSPS) is 20.4. The van der Waals surface area contributed by atoms with Crippen LogP contribution in [0.3, 0.4) is 0 Å². The minimum absolute atomic E-state index is 0.0830. The number of benzene rings is 2. The third kappa shape index (κ3) is 1.48. The third-order valence-electron chi connectivity index (χ3n) is 4.72. The van der Waals surface area contributed by atoms with Crippen molar-refractivity contribution in [3.63, 3.8) is 0 Å². The monoisotopic (exact) mass is 252 g/mol. The molecule has 19 heavy (non-hydrogen) atoms. The first kappa shape index (κ1) is 12.3. The van der Waals surface area contributed by atoms with Crippen LogP contribution >= 0.6 is 0 Å². The van der Waals surface area contributed by atoms with E-state index in [1.54, 1.807) is 0 Å². The van der Waals surface area contributed by atoms with Gasteiger partial charge in [-0.1, -0.05) is 51.1 Å². The van der Waals surface area contributed by atoms with Gasteiger partial charge < -0.3 is 5.11 Å². The highest BCUT2D eigenvalue weighted by molar-refractivity contribution is 5.82. The summed E-state index contributed by atoms with van der Waals surface area (Å²) in [6.45, 7) is 6.85. The summed E-state index contributed by atoms with van der Waals surface area (Å²) < 4.78 is 0.